The fourth-order valence-corrected chi connectivity index (χ4v) is 4.19. The molecule has 1 atom stereocenters. The molecule has 0 aliphatic carbocycles. The van der Waals surface area contributed by atoms with Gasteiger partial charge < -0.3 is 20.2 Å². The third-order valence-corrected chi connectivity index (χ3v) is 5.90. The summed E-state index contributed by atoms with van der Waals surface area (Å²) >= 11 is 0. The minimum atomic E-state index is -0.458. The van der Waals surface area contributed by atoms with E-state index in [1.54, 1.807) is 12.1 Å². The fourth-order valence-electron chi connectivity index (χ4n) is 4.19. The summed E-state index contributed by atoms with van der Waals surface area (Å²) in [5.74, 6) is -0.109. The number of nitrogens with zero attached hydrogens (tertiary/aromatic N) is 1. The van der Waals surface area contributed by atoms with E-state index in [1.165, 1.54) is 17.0 Å². The smallest absolute Gasteiger partial charge is 0.287 e. The van der Waals surface area contributed by atoms with Crippen molar-refractivity contribution in [3.8, 4) is 0 Å². The van der Waals surface area contributed by atoms with Crippen LogP contribution in [0.2, 0.25) is 0 Å². The second kappa shape index (κ2) is 9.80. The molecule has 1 aliphatic rings. The number of carbonyl (C=O) groups is 1. The summed E-state index contributed by atoms with van der Waals surface area (Å²) in [6.45, 7) is 8.12. The number of nitro groups is 1. The van der Waals surface area contributed by atoms with Crippen molar-refractivity contribution in [2.24, 2.45) is 0 Å². The van der Waals surface area contributed by atoms with E-state index in [1.807, 2.05) is 32.0 Å². The standard InChI is InChI=1S/C22H28N4O4/c1-16-4-3-5-17(2)20(16)23-22(28)21(18-6-8-19(9-7-18)26(29)30)25-12-10-24(11-13-25)14-15-27/h3-9,21,27H,10-15H2,1-2H3,(H,23,28)/p+2/t21-/m1/s1. The summed E-state index contributed by atoms with van der Waals surface area (Å²) in [5.41, 5.74) is 3.60. The normalized spacial score (nSPS) is 19.8. The van der Waals surface area contributed by atoms with Crippen LogP contribution in [0.5, 0.6) is 0 Å². The average molecular weight is 415 g/mol. The third-order valence-electron chi connectivity index (χ3n) is 5.90. The maximum absolute atomic E-state index is 13.4. The zero-order valence-electron chi connectivity index (χ0n) is 17.5. The number of benzene rings is 2. The highest BCUT2D eigenvalue weighted by molar-refractivity contribution is 5.96. The first-order valence-corrected chi connectivity index (χ1v) is 10.3. The van der Waals surface area contributed by atoms with Gasteiger partial charge in [-0.2, -0.15) is 0 Å². The molecule has 30 heavy (non-hydrogen) atoms. The number of nitrogens with one attached hydrogen (secondary N) is 3. The van der Waals surface area contributed by atoms with Gasteiger partial charge in [-0.1, -0.05) is 18.2 Å². The molecule has 2 aromatic carbocycles. The third kappa shape index (κ3) is 5.02. The molecule has 0 bridgehead atoms. The Balaban J connectivity index is 1.87. The Hall–Kier alpha value is -2.81. The van der Waals surface area contributed by atoms with Gasteiger partial charge in [0.2, 0.25) is 0 Å². The van der Waals surface area contributed by atoms with Crippen LogP contribution in [0, 0.1) is 24.0 Å². The molecule has 1 aliphatic heterocycles. The van der Waals surface area contributed by atoms with Gasteiger partial charge in [0.05, 0.1) is 11.5 Å². The second-order valence-corrected chi connectivity index (χ2v) is 7.92. The molecule has 1 saturated heterocycles. The number of amides is 1. The van der Waals surface area contributed by atoms with Gasteiger partial charge >= 0.3 is 0 Å². The minimum Gasteiger partial charge on any atom is -0.391 e. The molecule has 0 saturated carbocycles. The van der Waals surface area contributed by atoms with Crippen molar-refractivity contribution in [2.45, 2.75) is 19.9 Å². The lowest BCUT2D eigenvalue weighted by Gasteiger charge is -2.34. The number of aliphatic hydroxyl groups is 1. The van der Waals surface area contributed by atoms with Crippen molar-refractivity contribution in [1.82, 2.24) is 0 Å². The number of hydrogen-bond acceptors (Lipinski definition) is 4. The summed E-state index contributed by atoms with van der Waals surface area (Å²) in [4.78, 5) is 26.5. The maximum atomic E-state index is 13.4. The molecule has 1 amide bonds. The predicted octanol–water partition coefficient (Wildman–Crippen LogP) is -0.333. The number of carbonyl (C=O) groups excluding carboxylic acids is 1. The first kappa shape index (κ1) is 21.9. The quantitative estimate of drug-likeness (QED) is 0.368. The SMILES string of the molecule is Cc1cccc(C)c1NC(=O)[C@@H](c1ccc([N+](=O)[O-])cc1)[NH+]1CC[NH+](CCO)CC1. The topological polar surface area (TPSA) is 101 Å². The van der Waals surface area contributed by atoms with Crippen molar-refractivity contribution in [2.75, 3.05) is 44.6 Å². The molecule has 2 aromatic rings. The van der Waals surface area contributed by atoms with Crippen molar-refractivity contribution in [1.29, 1.82) is 0 Å². The molecular formula is C22H30N4O4+2. The van der Waals surface area contributed by atoms with E-state index in [4.69, 9.17) is 0 Å². The van der Waals surface area contributed by atoms with E-state index in [2.05, 4.69) is 5.32 Å². The van der Waals surface area contributed by atoms with E-state index >= 15 is 0 Å². The maximum Gasteiger partial charge on any atom is 0.287 e. The summed E-state index contributed by atoms with van der Waals surface area (Å²) < 4.78 is 0. The van der Waals surface area contributed by atoms with E-state index < -0.39 is 11.0 Å². The molecule has 0 aromatic heterocycles. The van der Waals surface area contributed by atoms with E-state index in [0.717, 1.165) is 53.5 Å². The lowest BCUT2D eigenvalue weighted by molar-refractivity contribution is -1.02. The minimum absolute atomic E-state index is 0.0138. The van der Waals surface area contributed by atoms with E-state index in [-0.39, 0.29) is 18.2 Å². The number of rotatable bonds is 7. The van der Waals surface area contributed by atoms with Gasteiger partial charge in [-0.15, -0.1) is 0 Å². The Labute approximate surface area is 176 Å². The van der Waals surface area contributed by atoms with Crippen LogP contribution in [0.4, 0.5) is 11.4 Å². The molecule has 3 rings (SSSR count). The number of hydrogen-bond donors (Lipinski definition) is 4. The lowest BCUT2D eigenvalue weighted by Crippen LogP contribution is -3.28. The van der Waals surface area contributed by atoms with Crippen molar-refractivity contribution in [3.05, 3.63) is 69.3 Å². The summed E-state index contributed by atoms with van der Waals surface area (Å²) in [5, 5.41) is 23.3. The Bertz CT molecular complexity index is 872. The van der Waals surface area contributed by atoms with Crippen LogP contribution in [-0.4, -0.2) is 55.3 Å². The number of quaternary nitrogens is 2. The highest BCUT2D eigenvalue weighted by Crippen LogP contribution is 2.22. The Morgan fingerprint density at radius 2 is 1.70 bits per heavy atom. The number of non-ortho nitro benzene ring substituents is 1. The fraction of sp³-hybridized carbons (Fsp3) is 0.409. The number of anilines is 1. The summed E-state index contributed by atoms with van der Waals surface area (Å²) in [6, 6.07) is 11.7. The molecule has 1 heterocycles. The Kier molecular flexibility index (Phi) is 7.15. The molecule has 4 N–H and O–H groups in total. The highest BCUT2D eigenvalue weighted by atomic mass is 16.6. The van der Waals surface area contributed by atoms with E-state index in [9.17, 15) is 20.0 Å². The summed E-state index contributed by atoms with van der Waals surface area (Å²) in [7, 11) is 0. The molecule has 8 heteroatoms. The van der Waals surface area contributed by atoms with Crippen molar-refractivity contribution >= 4 is 17.3 Å². The first-order chi connectivity index (χ1) is 14.4. The molecule has 8 nitrogen and oxygen atoms in total. The van der Waals surface area contributed by atoms with Crippen LogP contribution in [-0.2, 0) is 4.79 Å². The zero-order chi connectivity index (χ0) is 21.7. The van der Waals surface area contributed by atoms with Crippen LogP contribution in [0.3, 0.4) is 0 Å². The van der Waals surface area contributed by atoms with Gasteiger partial charge in [0.1, 0.15) is 32.7 Å². The van der Waals surface area contributed by atoms with Gasteiger partial charge in [-0.3, -0.25) is 14.9 Å². The van der Waals surface area contributed by atoms with Crippen LogP contribution in [0.1, 0.15) is 22.7 Å². The van der Waals surface area contributed by atoms with Crippen molar-refractivity contribution in [3.63, 3.8) is 0 Å². The zero-order valence-corrected chi connectivity index (χ0v) is 17.5. The van der Waals surface area contributed by atoms with Crippen LogP contribution < -0.4 is 15.1 Å². The average Bonchev–Trinajstić information content (AvgIpc) is 2.73. The largest absolute Gasteiger partial charge is 0.391 e. The van der Waals surface area contributed by atoms with Gasteiger partial charge in [-0.25, -0.2) is 0 Å². The molecular weight excluding hydrogens is 384 g/mol. The Morgan fingerprint density at radius 3 is 2.23 bits per heavy atom. The first-order valence-electron chi connectivity index (χ1n) is 10.3. The number of aliphatic hydroxyl groups excluding tert-OH is 1. The second-order valence-electron chi connectivity index (χ2n) is 7.92. The number of piperazine rings is 1. The van der Waals surface area contributed by atoms with Gasteiger partial charge in [0.15, 0.2) is 6.04 Å². The van der Waals surface area contributed by atoms with Gasteiger partial charge in [0.25, 0.3) is 11.6 Å². The van der Waals surface area contributed by atoms with Crippen LogP contribution in [0.25, 0.3) is 0 Å². The van der Waals surface area contributed by atoms with Crippen LogP contribution >= 0.6 is 0 Å². The highest BCUT2D eigenvalue weighted by Gasteiger charge is 2.36. The summed E-state index contributed by atoms with van der Waals surface area (Å²) in [6.07, 6.45) is 0. The molecule has 0 unspecified atom stereocenters. The predicted molar refractivity (Wildman–Crippen MR) is 114 cm³/mol. The Morgan fingerprint density at radius 1 is 1.10 bits per heavy atom. The van der Waals surface area contributed by atoms with Crippen molar-refractivity contribution < 1.29 is 24.6 Å². The molecule has 1 fully saturated rings. The number of aryl methyl sites for hydroxylation is 2. The monoisotopic (exact) mass is 414 g/mol. The molecule has 0 radical (unpaired) electrons. The van der Waals surface area contributed by atoms with Gasteiger partial charge in [0, 0.05) is 23.4 Å². The molecule has 160 valence electrons. The number of nitro benzene ring substituents is 1. The molecule has 0 spiro atoms. The van der Waals surface area contributed by atoms with E-state index in [0.29, 0.717) is 6.54 Å². The van der Waals surface area contributed by atoms with Crippen LogP contribution in [0.15, 0.2) is 42.5 Å². The van der Waals surface area contributed by atoms with Gasteiger partial charge in [-0.05, 0) is 37.1 Å². The lowest BCUT2D eigenvalue weighted by atomic mass is 10.0. The number of para-hydroxylation sites is 1.